The van der Waals surface area contributed by atoms with Crippen LogP contribution in [0, 0.1) is 6.92 Å². The van der Waals surface area contributed by atoms with Gasteiger partial charge in [-0.3, -0.25) is 4.99 Å². The standard InChI is InChI=1S/C32H47N5/c1-24-14-15-28-12-7-9-16-35(6)23-25(2)21-32(36-17-11-18-36)34-26(3)22-30(33-5)31-13-8-10-19-37(31)27(4)29(28)20-24/h14-15,20-22,31H,4,7-13,16-19,23H2,1-3,5-6H3/b25-21+,26-22+,33-30?,34-32+/t31-/m0/s1. The normalized spacial score (nSPS) is 28.5. The van der Waals surface area contributed by atoms with Crippen molar-refractivity contribution in [2.24, 2.45) is 9.98 Å². The molecule has 0 saturated carbocycles. The molecule has 0 unspecified atom stereocenters. The maximum Gasteiger partial charge on any atom is 0.128 e. The van der Waals surface area contributed by atoms with E-state index in [0.717, 1.165) is 68.5 Å². The zero-order valence-corrected chi connectivity index (χ0v) is 23.9. The number of hydrogen-bond donors (Lipinski definition) is 0. The SMILES string of the molecule is C=C1c2cc(C)ccc2CCCCN(C)C/C(C)=C/C(N2CCC2)=N\C(C)=C\C(=NC)[C@@H]2CCCCN12. The number of fused-ring (bicyclic) bond motifs is 2. The van der Waals surface area contributed by atoms with Gasteiger partial charge >= 0.3 is 0 Å². The number of nitrogens with zero attached hydrogens (tertiary/aromatic N) is 5. The van der Waals surface area contributed by atoms with E-state index in [1.807, 2.05) is 7.05 Å². The van der Waals surface area contributed by atoms with Crippen LogP contribution < -0.4 is 0 Å². The maximum atomic E-state index is 5.13. The second-order valence-corrected chi connectivity index (χ2v) is 11.2. The van der Waals surface area contributed by atoms with Crippen molar-refractivity contribution in [3.05, 3.63) is 64.9 Å². The largest absolute Gasteiger partial charge is 0.363 e. The quantitative estimate of drug-likeness (QED) is 0.430. The maximum absolute atomic E-state index is 5.13. The van der Waals surface area contributed by atoms with Crippen LogP contribution >= 0.6 is 0 Å². The summed E-state index contributed by atoms with van der Waals surface area (Å²) in [6.45, 7) is 16.5. The Bertz CT molecular complexity index is 1090. The lowest BCUT2D eigenvalue weighted by molar-refractivity contribution is 0.283. The Morgan fingerprint density at radius 2 is 1.73 bits per heavy atom. The minimum Gasteiger partial charge on any atom is -0.363 e. The molecule has 0 radical (unpaired) electrons. The molecular weight excluding hydrogens is 454 g/mol. The first-order chi connectivity index (χ1) is 17.9. The monoisotopic (exact) mass is 501 g/mol. The summed E-state index contributed by atoms with van der Waals surface area (Å²) in [5.41, 5.74) is 8.68. The summed E-state index contributed by atoms with van der Waals surface area (Å²) < 4.78 is 0. The third-order valence-corrected chi connectivity index (χ3v) is 7.98. The van der Waals surface area contributed by atoms with Crippen molar-refractivity contribution in [2.75, 3.05) is 46.8 Å². The van der Waals surface area contributed by atoms with Crippen LogP contribution in [-0.4, -0.2) is 79.1 Å². The first kappa shape index (κ1) is 27.4. The highest BCUT2D eigenvalue weighted by Crippen LogP contribution is 2.31. The van der Waals surface area contributed by atoms with Crippen LogP contribution in [0.25, 0.3) is 5.70 Å². The lowest BCUT2D eigenvalue weighted by Gasteiger charge is -2.39. The molecule has 4 rings (SSSR count). The number of allylic oxidation sites excluding steroid dienone is 1. The first-order valence-corrected chi connectivity index (χ1v) is 14.3. The summed E-state index contributed by atoms with van der Waals surface area (Å²) in [7, 11) is 4.17. The molecular formula is C32H47N5. The molecule has 0 amide bonds. The molecule has 0 aliphatic carbocycles. The van der Waals surface area contributed by atoms with Gasteiger partial charge in [0.2, 0.25) is 0 Å². The van der Waals surface area contributed by atoms with Gasteiger partial charge in [-0.05, 0) is 103 Å². The Morgan fingerprint density at radius 3 is 2.46 bits per heavy atom. The third-order valence-electron chi connectivity index (χ3n) is 7.98. The van der Waals surface area contributed by atoms with Crippen molar-refractivity contribution in [3.63, 3.8) is 0 Å². The molecule has 1 aromatic rings. The van der Waals surface area contributed by atoms with Crippen molar-refractivity contribution in [3.8, 4) is 0 Å². The van der Waals surface area contributed by atoms with Crippen LogP contribution in [0.3, 0.4) is 0 Å². The zero-order chi connectivity index (χ0) is 26.4. The molecule has 5 heteroatoms. The lowest BCUT2D eigenvalue weighted by Crippen LogP contribution is -2.43. The van der Waals surface area contributed by atoms with Crippen LogP contribution in [0.15, 0.2) is 58.2 Å². The fourth-order valence-electron chi connectivity index (χ4n) is 5.84. The van der Waals surface area contributed by atoms with E-state index < -0.39 is 0 Å². The van der Waals surface area contributed by atoms with E-state index in [2.05, 4.69) is 79.4 Å². The third kappa shape index (κ3) is 7.01. The van der Waals surface area contributed by atoms with Crippen molar-refractivity contribution in [2.45, 2.75) is 71.8 Å². The average Bonchev–Trinajstić information content (AvgIpc) is 2.83. The van der Waals surface area contributed by atoms with E-state index in [1.165, 1.54) is 54.4 Å². The second-order valence-electron chi connectivity index (χ2n) is 11.2. The van der Waals surface area contributed by atoms with Crippen molar-refractivity contribution in [1.82, 2.24) is 14.7 Å². The van der Waals surface area contributed by atoms with Crippen molar-refractivity contribution < 1.29 is 0 Å². The highest BCUT2D eigenvalue weighted by molar-refractivity contribution is 6.01. The first-order valence-electron chi connectivity index (χ1n) is 14.3. The van der Waals surface area contributed by atoms with Gasteiger partial charge in [-0.2, -0.15) is 0 Å². The van der Waals surface area contributed by atoms with Gasteiger partial charge in [0, 0.05) is 50.2 Å². The van der Waals surface area contributed by atoms with Crippen LogP contribution in [0.4, 0.5) is 0 Å². The fourth-order valence-corrected chi connectivity index (χ4v) is 5.84. The summed E-state index contributed by atoms with van der Waals surface area (Å²) >= 11 is 0. The predicted octanol–water partition coefficient (Wildman–Crippen LogP) is 6.11. The zero-order valence-electron chi connectivity index (χ0n) is 23.9. The number of likely N-dealkylation sites (N-methyl/N-ethyl adjacent to an activating group) is 1. The Kier molecular flexibility index (Phi) is 9.42. The lowest BCUT2D eigenvalue weighted by atomic mass is 9.92. The van der Waals surface area contributed by atoms with Crippen LogP contribution in [0.5, 0.6) is 0 Å². The van der Waals surface area contributed by atoms with Gasteiger partial charge < -0.3 is 14.7 Å². The number of piperidine rings is 1. The topological polar surface area (TPSA) is 34.4 Å². The highest BCUT2D eigenvalue weighted by Gasteiger charge is 2.28. The molecule has 2 fully saturated rings. The summed E-state index contributed by atoms with van der Waals surface area (Å²) in [5, 5.41) is 0. The van der Waals surface area contributed by atoms with E-state index in [-0.39, 0.29) is 6.04 Å². The van der Waals surface area contributed by atoms with Gasteiger partial charge in [-0.15, -0.1) is 0 Å². The molecule has 2 saturated heterocycles. The Hall–Kier alpha value is -2.66. The smallest absolute Gasteiger partial charge is 0.128 e. The molecule has 200 valence electrons. The average molecular weight is 502 g/mol. The van der Waals surface area contributed by atoms with Crippen LogP contribution in [0.1, 0.15) is 69.1 Å². The van der Waals surface area contributed by atoms with Gasteiger partial charge in [0.1, 0.15) is 5.84 Å². The summed E-state index contributed by atoms with van der Waals surface area (Å²) in [4.78, 5) is 17.3. The van der Waals surface area contributed by atoms with Crippen molar-refractivity contribution in [1.29, 1.82) is 0 Å². The second kappa shape index (κ2) is 12.7. The molecule has 0 aromatic heterocycles. The molecule has 0 bridgehead atoms. The number of aliphatic imine (C=N–C) groups is 2. The number of amidine groups is 1. The van der Waals surface area contributed by atoms with Gasteiger partial charge in [0.25, 0.3) is 0 Å². The van der Waals surface area contributed by atoms with E-state index in [1.54, 1.807) is 0 Å². The highest BCUT2D eigenvalue weighted by atomic mass is 15.2. The van der Waals surface area contributed by atoms with E-state index >= 15 is 0 Å². The van der Waals surface area contributed by atoms with Crippen LogP contribution in [-0.2, 0) is 6.42 Å². The predicted molar refractivity (Wildman–Crippen MR) is 159 cm³/mol. The molecule has 0 spiro atoms. The van der Waals surface area contributed by atoms with Gasteiger partial charge in [-0.25, -0.2) is 4.99 Å². The molecule has 0 N–H and O–H groups in total. The van der Waals surface area contributed by atoms with Gasteiger partial charge in [0.05, 0.1) is 11.8 Å². The van der Waals surface area contributed by atoms with E-state index in [9.17, 15) is 0 Å². The summed E-state index contributed by atoms with van der Waals surface area (Å²) in [6.07, 6.45) is 12.7. The van der Waals surface area contributed by atoms with Gasteiger partial charge in [0.15, 0.2) is 0 Å². The van der Waals surface area contributed by atoms with E-state index in [4.69, 9.17) is 9.98 Å². The molecule has 5 nitrogen and oxygen atoms in total. The summed E-state index contributed by atoms with van der Waals surface area (Å²) in [5.74, 6) is 1.09. The molecule has 3 aliphatic rings. The molecule has 3 aliphatic heterocycles. The minimum absolute atomic E-state index is 0.238. The number of likely N-dealkylation sites (tertiary alicyclic amines) is 1. The van der Waals surface area contributed by atoms with Gasteiger partial charge in [-0.1, -0.05) is 29.8 Å². The minimum atomic E-state index is 0.238. The Labute approximate surface area is 225 Å². The Balaban J connectivity index is 1.74. The van der Waals surface area contributed by atoms with Crippen LogP contribution in [0.2, 0.25) is 0 Å². The number of aryl methyl sites for hydroxylation is 2. The molecule has 1 aromatic carbocycles. The summed E-state index contributed by atoms with van der Waals surface area (Å²) in [6, 6.07) is 7.16. The molecule has 1 atom stereocenters. The number of rotatable bonds is 0. The number of benzene rings is 1. The molecule has 37 heavy (non-hydrogen) atoms. The number of hydrogen-bond acceptors (Lipinski definition) is 5. The molecule has 3 heterocycles. The van der Waals surface area contributed by atoms with E-state index in [0.29, 0.717) is 0 Å². The van der Waals surface area contributed by atoms with Crippen molar-refractivity contribution >= 4 is 17.2 Å². The fraction of sp³-hybridized carbons (Fsp3) is 0.562. The Morgan fingerprint density at radius 1 is 0.946 bits per heavy atom.